The van der Waals surface area contributed by atoms with Crippen molar-refractivity contribution in [2.24, 2.45) is 0 Å². The number of ether oxygens (including phenoxy) is 2. The zero-order valence-electron chi connectivity index (χ0n) is 13.6. The molecule has 1 aliphatic rings. The molecule has 0 saturated carbocycles. The lowest BCUT2D eigenvalue weighted by Gasteiger charge is -2.34. The summed E-state index contributed by atoms with van der Waals surface area (Å²) in [5.74, 6) is 0.837. The van der Waals surface area contributed by atoms with Gasteiger partial charge in [0.05, 0.1) is 18.8 Å². The summed E-state index contributed by atoms with van der Waals surface area (Å²) < 4.78 is 11.4. The van der Waals surface area contributed by atoms with Gasteiger partial charge in [-0.3, -0.25) is 4.79 Å². The SMILES string of the molecule is CCCOc1ccccc1/C=C/C(=O)N1CC(C)OC(C)C1. The van der Waals surface area contributed by atoms with Crippen molar-refractivity contribution in [2.45, 2.75) is 39.4 Å². The molecule has 22 heavy (non-hydrogen) atoms. The maximum atomic E-state index is 12.3. The van der Waals surface area contributed by atoms with Gasteiger partial charge in [0.2, 0.25) is 5.91 Å². The van der Waals surface area contributed by atoms with Crippen molar-refractivity contribution < 1.29 is 14.3 Å². The van der Waals surface area contributed by atoms with E-state index in [1.165, 1.54) is 0 Å². The van der Waals surface area contributed by atoms with Crippen LogP contribution in [0.5, 0.6) is 5.75 Å². The molecule has 0 aromatic heterocycles. The van der Waals surface area contributed by atoms with Gasteiger partial charge in [-0.2, -0.15) is 0 Å². The summed E-state index contributed by atoms with van der Waals surface area (Å²) in [4.78, 5) is 14.2. The van der Waals surface area contributed by atoms with E-state index < -0.39 is 0 Å². The quantitative estimate of drug-likeness (QED) is 0.785. The van der Waals surface area contributed by atoms with Crippen molar-refractivity contribution >= 4 is 12.0 Å². The molecule has 4 heteroatoms. The molecule has 2 rings (SSSR count). The van der Waals surface area contributed by atoms with Crippen LogP contribution < -0.4 is 4.74 Å². The monoisotopic (exact) mass is 303 g/mol. The molecule has 4 nitrogen and oxygen atoms in total. The zero-order chi connectivity index (χ0) is 15.9. The van der Waals surface area contributed by atoms with E-state index in [-0.39, 0.29) is 18.1 Å². The molecular weight excluding hydrogens is 278 g/mol. The third-order valence-corrected chi connectivity index (χ3v) is 3.52. The van der Waals surface area contributed by atoms with E-state index >= 15 is 0 Å². The Bertz CT molecular complexity index is 517. The van der Waals surface area contributed by atoms with Gasteiger partial charge in [0.15, 0.2) is 0 Å². The van der Waals surface area contributed by atoms with Crippen molar-refractivity contribution in [3.05, 3.63) is 35.9 Å². The molecule has 1 fully saturated rings. The molecule has 1 amide bonds. The fourth-order valence-corrected chi connectivity index (χ4v) is 2.59. The highest BCUT2D eigenvalue weighted by Gasteiger charge is 2.24. The maximum Gasteiger partial charge on any atom is 0.246 e. The van der Waals surface area contributed by atoms with Crippen LogP contribution in [0.3, 0.4) is 0 Å². The Balaban J connectivity index is 2.03. The second-order valence-corrected chi connectivity index (χ2v) is 5.72. The Morgan fingerprint density at radius 2 is 2.00 bits per heavy atom. The summed E-state index contributed by atoms with van der Waals surface area (Å²) >= 11 is 0. The van der Waals surface area contributed by atoms with Gasteiger partial charge in [0.1, 0.15) is 5.75 Å². The molecule has 0 aliphatic carbocycles. The largest absolute Gasteiger partial charge is 0.493 e. The van der Waals surface area contributed by atoms with Crippen LogP contribution in [0.2, 0.25) is 0 Å². The normalized spacial score (nSPS) is 22.0. The fourth-order valence-electron chi connectivity index (χ4n) is 2.59. The first-order valence-electron chi connectivity index (χ1n) is 7.94. The second kappa shape index (κ2) is 7.99. The Kier molecular flexibility index (Phi) is 6.01. The van der Waals surface area contributed by atoms with Crippen molar-refractivity contribution in [1.82, 2.24) is 4.90 Å². The summed E-state index contributed by atoms with van der Waals surface area (Å²) in [6.07, 6.45) is 4.58. The fraction of sp³-hybridized carbons (Fsp3) is 0.500. The topological polar surface area (TPSA) is 38.8 Å². The summed E-state index contributed by atoms with van der Waals surface area (Å²) in [7, 11) is 0. The summed E-state index contributed by atoms with van der Waals surface area (Å²) in [6, 6.07) is 7.77. The van der Waals surface area contributed by atoms with E-state index in [1.807, 2.05) is 49.1 Å². The maximum absolute atomic E-state index is 12.3. The number of para-hydroxylation sites is 1. The number of benzene rings is 1. The van der Waals surface area contributed by atoms with Crippen molar-refractivity contribution in [3.8, 4) is 5.75 Å². The predicted molar refractivity (Wildman–Crippen MR) is 87.9 cm³/mol. The number of carbonyl (C=O) groups is 1. The molecule has 2 unspecified atom stereocenters. The van der Waals surface area contributed by atoms with Crippen LogP contribution in [0.4, 0.5) is 0 Å². The van der Waals surface area contributed by atoms with Gasteiger partial charge < -0.3 is 14.4 Å². The van der Waals surface area contributed by atoms with E-state index in [2.05, 4.69) is 6.92 Å². The molecule has 0 bridgehead atoms. The first kappa shape index (κ1) is 16.6. The van der Waals surface area contributed by atoms with Crippen LogP contribution in [0.15, 0.2) is 30.3 Å². The van der Waals surface area contributed by atoms with Gasteiger partial charge in [-0.05, 0) is 32.4 Å². The molecule has 1 aliphatic heterocycles. The van der Waals surface area contributed by atoms with Gasteiger partial charge >= 0.3 is 0 Å². The van der Waals surface area contributed by atoms with Crippen LogP contribution in [0.25, 0.3) is 6.08 Å². The van der Waals surface area contributed by atoms with Crippen LogP contribution in [-0.2, 0) is 9.53 Å². The molecule has 0 radical (unpaired) electrons. The van der Waals surface area contributed by atoms with E-state index in [9.17, 15) is 4.79 Å². The third kappa shape index (κ3) is 4.60. The smallest absolute Gasteiger partial charge is 0.246 e. The number of nitrogens with zero attached hydrogens (tertiary/aromatic N) is 1. The summed E-state index contributed by atoms with van der Waals surface area (Å²) in [5.41, 5.74) is 0.929. The van der Waals surface area contributed by atoms with Gasteiger partial charge in [0, 0.05) is 24.7 Å². The zero-order valence-corrected chi connectivity index (χ0v) is 13.6. The number of rotatable bonds is 5. The Morgan fingerprint density at radius 3 is 2.68 bits per heavy atom. The standard InChI is InChI=1S/C18H25NO3/c1-4-11-21-17-8-6-5-7-16(17)9-10-18(20)19-12-14(2)22-15(3)13-19/h5-10,14-15H,4,11-13H2,1-3H3/b10-9+. The van der Waals surface area contributed by atoms with Crippen molar-refractivity contribution in [3.63, 3.8) is 0 Å². The van der Waals surface area contributed by atoms with Gasteiger partial charge in [-0.15, -0.1) is 0 Å². The molecular formula is C18H25NO3. The van der Waals surface area contributed by atoms with Crippen molar-refractivity contribution in [2.75, 3.05) is 19.7 Å². The van der Waals surface area contributed by atoms with E-state index in [4.69, 9.17) is 9.47 Å². The number of amides is 1. The van der Waals surface area contributed by atoms with E-state index in [1.54, 1.807) is 6.08 Å². The minimum atomic E-state index is 0.0206. The molecule has 2 atom stereocenters. The number of carbonyl (C=O) groups excluding carboxylic acids is 1. The van der Waals surface area contributed by atoms with Gasteiger partial charge in [-0.25, -0.2) is 0 Å². The summed E-state index contributed by atoms with van der Waals surface area (Å²) in [6.45, 7) is 8.02. The molecule has 1 saturated heterocycles. The first-order valence-corrected chi connectivity index (χ1v) is 7.94. The lowest BCUT2D eigenvalue weighted by atomic mass is 10.1. The number of morpholine rings is 1. The average Bonchev–Trinajstić information content (AvgIpc) is 2.50. The Labute approximate surface area is 132 Å². The van der Waals surface area contributed by atoms with E-state index in [0.717, 1.165) is 17.7 Å². The molecule has 0 N–H and O–H groups in total. The Hall–Kier alpha value is -1.81. The lowest BCUT2D eigenvalue weighted by molar-refractivity contribution is -0.137. The van der Waals surface area contributed by atoms with Crippen LogP contribution in [0, 0.1) is 0 Å². The van der Waals surface area contributed by atoms with Gasteiger partial charge in [-0.1, -0.05) is 25.1 Å². The van der Waals surface area contributed by atoms with Crippen LogP contribution in [0.1, 0.15) is 32.8 Å². The van der Waals surface area contributed by atoms with E-state index in [0.29, 0.717) is 19.7 Å². The second-order valence-electron chi connectivity index (χ2n) is 5.72. The number of hydrogen-bond donors (Lipinski definition) is 0. The molecule has 1 heterocycles. The molecule has 1 aromatic rings. The highest BCUT2D eigenvalue weighted by Crippen LogP contribution is 2.20. The highest BCUT2D eigenvalue weighted by atomic mass is 16.5. The number of hydrogen-bond acceptors (Lipinski definition) is 3. The molecule has 0 spiro atoms. The minimum Gasteiger partial charge on any atom is -0.493 e. The third-order valence-electron chi connectivity index (χ3n) is 3.52. The average molecular weight is 303 g/mol. The lowest BCUT2D eigenvalue weighted by Crippen LogP contribution is -2.47. The van der Waals surface area contributed by atoms with Crippen LogP contribution in [-0.4, -0.2) is 42.7 Å². The minimum absolute atomic E-state index is 0.0206. The molecule has 120 valence electrons. The summed E-state index contributed by atoms with van der Waals surface area (Å²) in [5, 5.41) is 0. The molecule has 1 aromatic carbocycles. The van der Waals surface area contributed by atoms with Crippen molar-refractivity contribution in [1.29, 1.82) is 0 Å². The van der Waals surface area contributed by atoms with Gasteiger partial charge in [0.25, 0.3) is 0 Å². The van der Waals surface area contributed by atoms with Crippen LogP contribution >= 0.6 is 0 Å². The first-order chi connectivity index (χ1) is 10.6. The highest BCUT2D eigenvalue weighted by molar-refractivity contribution is 5.92. The Morgan fingerprint density at radius 1 is 1.32 bits per heavy atom. The predicted octanol–water partition coefficient (Wildman–Crippen LogP) is 3.12.